The normalized spacial score (nSPS) is 15.2. The molecule has 2 aromatic carbocycles. The monoisotopic (exact) mass is 405 g/mol. The van der Waals surface area contributed by atoms with Crippen LogP contribution in [0.1, 0.15) is 56.6 Å². The summed E-state index contributed by atoms with van der Waals surface area (Å²) in [6.07, 6.45) is 10.9. The lowest BCUT2D eigenvalue weighted by atomic mass is 10.1. The molecule has 1 saturated carbocycles. The van der Waals surface area contributed by atoms with E-state index in [4.69, 9.17) is 12.2 Å². The minimum Gasteiger partial charge on any atom is -0.361 e. The number of hydrogen-bond donors (Lipinski definition) is 2. The summed E-state index contributed by atoms with van der Waals surface area (Å²) < 4.78 is 0. The molecule has 4 heteroatoms. The molecule has 0 bridgehead atoms. The van der Waals surface area contributed by atoms with E-state index in [1.54, 1.807) is 0 Å². The maximum atomic E-state index is 5.99. The van der Waals surface area contributed by atoms with Crippen molar-refractivity contribution in [1.82, 2.24) is 9.88 Å². The van der Waals surface area contributed by atoms with E-state index < -0.39 is 0 Å². The van der Waals surface area contributed by atoms with Gasteiger partial charge in [-0.15, -0.1) is 0 Å². The second-order valence-electron chi connectivity index (χ2n) is 8.07. The molecule has 3 nitrogen and oxygen atoms in total. The molecule has 0 saturated heterocycles. The third-order valence-electron chi connectivity index (χ3n) is 6.18. The first kappa shape index (κ1) is 20.0. The highest BCUT2D eigenvalue weighted by molar-refractivity contribution is 7.80. The Labute approximate surface area is 179 Å². The minimum atomic E-state index is 0.500. The fourth-order valence-corrected chi connectivity index (χ4v) is 4.84. The average molecular weight is 406 g/mol. The van der Waals surface area contributed by atoms with Gasteiger partial charge in [-0.25, -0.2) is 0 Å². The summed E-state index contributed by atoms with van der Waals surface area (Å²) in [5, 5.41) is 5.73. The van der Waals surface area contributed by atoms with Gasteiger partial charge in [-0.3, -0.25) is 0 Å². The fraction of sp³-hybridized carbons (Fsp3) is 0.400. The molecule has 0 radical (unpaired) electrons. The lowest BCUT2D eigenvalue weighted by molar-refractivity contribution is 0.281. The third-order valence-corrected chi connectivity index (χ3v) is 6.52. The molecule has 2 N–H and O–H groups in total. The Bertz CT molecular complexity index is 953. The molecule has 0 unspecified atom stereocenters. The summed E-state index contributed by atoms with van der Waals surface area (Å²) in [5.41, 5.74) is 4.96. The van der Waals surface area contributed by atoms with Crippen molar-refractivity contribution in [2.45, 2.75) is 64.5 Å². The van der Waals surface area contributed by atoms with Gasteiger partial charge >= 0.3 is 0 Å². The number of H-pyrrole nitrogens is 1. The highest BCUT2D eigenvalue weighted by Gasteiger charge is 2.24. The Hall–Kier alpha value is -2.33. The van der Waals surface area contributed by atoms with E-state index in [1.807, 2.05) is 0 Å². The number of para-hydroxylation sites is 2. The Morgan fingerprint density at radius 1 is 1.00 bits per heavy atom. The maximum Gasteiger partial charge on any atom is 0.173 e. The zero-order valence-corrected chi connectivity index (χ0v) is 18.1. The SMILES string of the molecule is CCc1ccccc1NC(=S)N(Cc1c[nH]c2ccccc12)C1CCCCCC1. The van der Waals surface area contributed by atoms with Gasteiger partial charge in [0.2, 0.25) is 0 Å². The van der Waals surface area contributed by atoms with E-state index in [0.717, 1.165) is 23.8 Å². The molecule has 0 atom stereocenters. The van der Waals surface area contributed by atoms with Crippen LogP contribution in [0.15, 0.2) is 54.7 Å². The summed E-state index contributed by atoms with van der Waals surface area (Å²) in [4.78, 5) is 5.87. The van der Waals surface area contributed by atoms with Crippen molar-refractivity contribution in [1.29, 1.82) is 0 Å². The van der Waals surface area contributed by atoms with Gasteiger partial charge in [0.05, 0.1) is 0 Å². The Balaban J connectivity index is 1.61. The lowest BCUT2D eigenvalue weighted by Crippen LogP contribution is -2.42. The van der Waals surface area contributed by atoms with E-state index in [1.165, 1.54) is 60.6 Å². The van der Waals surface area contributed by atoms with E-state index >= 15 is 0 Å². The largest absolute Gasteiger partial charge is 0.361 e. The number of hydrogen-bond acceptors (Lipinski definition) is 1. The molecule has 152 valence electrons. The van der Waals surface area contributed by atoms with Crippen molar-refractivity contribution in [2.75, 3.05) is 5.32 Å². The summed E-state index contributed by atoms with van der Waals surface area (Å²) in [7, 11) is 0. The topological polar surface area (TPSA) is 31.1 Å². The van der Waals surface area contributed by atoms with Gasteiger partial charge in [-0.2, -0.15) is 0 Å². The second kappa shape index (κ2) is 9.45. The van der Waals surface area contributed by atoms with Crippen LogP contribution < -0.4 is 5.32 Å². The van der Waals surface area contributed by atoms with Crippen LogP contribution in [0.25, 0.3) is 10.9 Å². The maximum absolute atomic E-state index is 5.99. The highest BCUT2D eigenvalue weighted by Crippen LogP contribution is 2.27. The standard InChI is InChI=1S/C25H31N3S/c1-2-19-11-7-9-15-23(19)27-25(29)28(21-12-5-3-4-6-13-21)18-20-17-26-24-16-10-8-14-22(20)24/h7-11,14-17,21,26H,2-6,12-13,18H2,1H3,(H,27,29). The van der Waals surface area contributed by atoms with Gasteiger partial charge in [0, 0.05) is 35.4 Å². The summed E-state index contributed by atoms with van der Waals surface area (Å²) in [6, 6.07) is 17.5. The number of aryl methyl sites for hydroxylation is 1. The Morgan fingerprint density at radius 2 is 1.72 bits per heavy atom. The van der Waals surface area contributed by atoms with Crippen LogP contribution in [0.3, 0.4) is 0 Å². The number of nitrogens with zero attached hydrogens (tertiary/aromatic N) is 1. The minimum absolute atomic E-state index is 0.500. The first-order valence-electron chi connectivity index (χ1n) is 11.0. The summed E-state index contributed by atoms with van der Waals surface area (Å²) >= 11 is 5.99. The number of thiocarbonyl (C=S) groups is 1. The molecule has 0 aliphatic heterocycles. The molecule has 4 rings (SSSR count). The average Bonchev–Trinajstić information content (AvgIpc) is 2.96. The molecule has 0 spiro atoms. The molecular weight excluding hydrogens is 374 g/mol. The van der Waals surface area contributed by atoms with Gasteiger partial charge in [0.25, 0.3) is 0 Å². The molecule has 29 heavy (non-hydrogen) atoms. The van der Waals surface area contributed by atoms with Gasteiger partial charge in [0.15, 0.2) is 5.11 Å². The predicted molar refractivity (Wildman–Crippen MR) is 127 cm³/mol. The second-order valence-corrected chi connectivity index (χ2v) is 8.46. The molecule has 3 aromatic rings. The summed E-state index contributed by atoms with van der Waals surface area (Å²) in [6.45, 7) is 3.04. The lowest BCUT2D eigenvalue weighted by Gasteiger charge is -2.34. The number of aromatic amines is 1. The molecule has 1 heterocycles. The van der Waals surface area contributed by atoms with Crippen LogP contribution in [-0.4, -0.2) is 21.0 Å². The number of aromatic nitrogens is 1. The molecule has 1 aliphatic carbocycles. The number of fused-ring (bicyclic) bond motifs is 1. The van der Waals surface area contributed by atoms with Gasteiger partial charge in [-0.1, -0.05) is 69.0 Å². The van der Waals surface area contributed by atoms with Crippen molar-refractivity contribution in [3.8, 4) is 0 Å². The van der Waals surface area contributed by atoms with Gasteiger partial charge < -0.3 is 15.2 Å². The van der Waals surface area contributed by atoms with Crippen molar-refractivity contribution in [2.24, 2.45) is 0 Å². The quantitative estimate of drug-likeness (QED) is 0.368. The Morgan fingerprint density at radius 3 is 2.52 bits per heavy atom. The highest BCUT2D eigenvalue weighted by atomic mass is 32.1. The third kappa shape index (κ3) is 4.64. The fourth-order valence-electron chi connectivity index (χ4n) is 4.52. The van der Waals surface area contributed by atoms with E-state index in [2.05, 4.69) is 76.9 Å². The Kier molecular flexibility index (Phi) is 6.50. The van der Waals surface area contributed by atoms with Crippen LogP contribution >= 0.6 is 12.2 Å². The van der Waals surface area contributed by atoms with Crippen molar-refractivity contribution < 1.29 is 0 Å². The van der Waals surface area contributed by atoms with E-state index in [-0.39, 0.29) is 0 Å². The predicted octanol–water partition coefficient (Wildman–Crippen LogP) is 6.65. The molecule has 1 aliphatic rings. The van der Waals surface area contributed by atoms with Crippen molar-refractivity contribution >= 4 is 33.9 Å². The van der Waals surface area contributed by atoms with Crippen LogP contribution in [0.5, 0.6) is 0 Å². The first-order chi connectivity index (χ1) is 14.3. The smallest absolute Gasteiger partial charge is 0.173 e. The molecular formula is C25H31N3S. The van der Waals surface area contributed by atoms with E-state index in [9.17, 15) is 0 Å². The summed E-state index contributed by atoms with van der Waals surface area (Å²) in [5.74, 6) is 0. The zero-order valence-electron chi connectivity index (χ0n) is 17.3. The van der Waals surface area contributed by atoms with Crippen molar-refractivity contribution in [3.05, 3.63) is 65.9 Å². The van der Waals surface area contributed by atoms with Crippen LogP contribution in [0.4, 0.5) is 5.69 Å². The number of nitrogens with one attached hydrogen (secondary N) is 2. The first-order valence-corrected chi connectivity index (χ1v) is 11.4. The number of rotatable bonds is 5. The number of benzene rings is 2. The van der Waals surface area contributed by atoms with Gasteiger partial charge in [0.1, 0.15) is 0 Å². The van der Waals surface area contributed by atoms with Gasteiger partial charge in [-0.05, 0) is 54.7 Å². The van der Waals surface area contributed by atoms with Crippen LogP contribution in [0, 0.1) is 0 Å². The van der Waals surface area contributed by atoms with Crippen LogP contribution in [0.2, 0.25) is 0 Å². The zero-order chi connectivity index (χ0) is 20.1. The molecule has 0 amide bonds. The molecule has 1 fully saturated rings. The number of anilines is 1. The van der Waals surface area contributed by atoms with Crippen molar-refractivity contribution in [3.63, 3.8) is 0 Å². The van der Waals surface area contributed by atoms with Crippen LogP contribution in [-0.2, 0) is 13.0 Å². The molecule has 1 aromatic heterocycles. The van der Waals surface area contributed by atoms with E-state index in [0.29, 0.717) is 6.04 Å².